The Morgan fingerprint density at radius 2 is 1.89 bits per heavy atom. The molecule has 2 N–H and O–H groups in total. The fourth-order valence-corrected chi connectivity index (χ4v) is 3.21. The Morgan fingerprint density at radius 1 is 1.18 bits per heavy atom. The standard InChI is InChI=1S/C20H25ClN4O3/c1-20(2,3)28-19(27)22-15-8-10-25(11-9-15)24-18(26)17-6-4-13-12-14(21)5-7-16(13)23-17/h4-7,12,15H,8-11H2,1-3H3,(H,22,27)(H,24,26). The summed E-state index contributed by atoms with van der Waals surface area (Å²) < 4.78 is 5.28. The minimum atomic E-state index is -0.517. The van der Waals surface area contributed by atoms with Crippen molar-refractivity contribution in [3.05, 3.63) is 41.0 Å². The summed E-state index contributed by atoms with van der Waals surface area (Å²) in [4.78, 5) is 28.8. The molecule has 150 valence electrons. The Kier molecular flexibility index (Phi) is 6.05. The van der Waals surface area contributed by atoms with Crippen LogP contribution >= 0.6 is 11.6 Å². The third-order valence-electron chi connectivity index (χ3n) is 4.36. The molecular formula is C20H25ClN4O3. The zero-order valence-corrected chi connectivity index (χ0v) is 17.0. The number of nitrogens with zero attached hydrogens (tertiary/aromatic N) is 2. The van der Waals surface area contributed by atoms with Gasteiger partial charge < -0.3 is 10.1 Å². The average molecular weight is 405 g/mol. The van der Waals surface area contributed by atoms with Crippen molar-refractivity contribution in [1.29, 1.82) is 0 Å². The van der Waals surface area contributed by atoms with Crippen LogP contribution in [0.1, 0.15) is 44.1 Å². The number of alkyl carbamates (subject to hydrolysis) is 1. The van der Waals surface area contributed by atoms with Crippen LogP contribution in [0.2, 0.25) is 5.02 Å². The summed E-state index contributed by atoms with van der Waals surface area (Å²) in [6.45, 7) is 6.77. The van der Waals surface area contributed by atoms with Crippen LogP contribution in [0.4, 0.5) is 4.79 Å². The molecule has 0 aliphatic carbocycles. The van der Waals surface area contributed by atoms with Crippen molar-refractivity contribution < 1.29 is 14.3 Å². The predicted octanol–water partition coefficient (Wildman–Crippen LogP) is 3.52. The van der Waals surface area contributed by atoms with Crippen molar-refractivity contribution in [2.45, 2.75) is 45.3 Å². The minimum Gasteiger partial charge on any atom is -0.444 e. The summed E-state index contributed by atoms with van der Waals surface area (Å²) in [5.41, 5.74) is 3.44. The Hall–Kier alpha value is -2.38. The second-order valence-electron chi connectivity index (χ2n) is 7.88. The monoisotopic (exact) mass is 404 g/mol. The highest BCUT2D eigenvalue weighted by molar-refractivity contribution is 6.31. The number of hydrogen-bond donors (Lipinski definition) is 2. The van der Waals surface area contributed by atoms with Crippen LogP contribution < -0.4 is 10.7 Å². The molecule has 1 aliphatic heterocycles. The van der Waals surface area contributed by atoms with Crippen LogP contribution in [-0.4, -0.2) is 46.7 Å². The summed E-state index contributed by atoms with van der Waals surface area (Å²) >= 11 is 5.98. The molecule has 1 aromatic heterocycles. The fourth-order valence-electron chi connectivity index (χ4n) is 3.03. The number of hydrazine groups is 1. The predicted molar refractivity (Wildman–Crippen MR) is 108 cm³/mol. The van der Waals surface area contributed by atoms with Crippen molar-refractivity contribution in [2.24, 2.45) is 0 Å². The van der Waals surface area contributed by atoms with Crippen LogP contribution in [0.3, 0.4) is 0 Å². The molecule has 0 saturated carbocycles. The van der Waals surface area contributed by atoms with Crippen molar-refractivity contribution in [3.8, 4) is 0 Å². The first-order chi connectivity index (χ1) is 13.2. The molecular weight excluding hydrogens is 380 g/mol. The molecule has 28 heavy (non-hydrogen) atoms. The molecule has 0 radical (unpaired) electrons. The molecule has 1 fully saturated rings. The van der Waals surface area contributed by atoms with Crippen LogP contribution in [0.25, 0.3) is 10.9 Å². The first kappa shape index (κ1) is 20.4. The maximum absolute atomic E-state index is 12.5. The van der Waals surface area contributed by atoms with E-state index >= 15 is 0 Å². The topological polar surface area (TPSA) is 83.6 Å². The summed E-state index contributed by atoms with van der Waals surface area (Å²) in [7, 11) is 0. The maximum Gasteiger partial charge on any atom is 0.407 e. The number of piperidine rings is 1. The van der Waals surface area contributed by atoms with Gasteiger partial charge in [-0.1, -0.05) is 17.7 Å². The SMILES string of the molecule is CC(C)(C)OC(=O)NC1CCN(NC(=O)c2ccc3cc(Cl)ccc3n2)CC1. The molecule has 2 aromatic rings. The van der Waals surface area contributed by atoms with Gasteiger partial charge in [-0.25, -0.2) is 14.8 Å². The number of nitrogens with one attached hydrogen (secondary N) is 2. The summed E-state index contributed by atoms with van der Waals surface area (Å²) in [5, 5.41) is 6.25. The van der Waals surface area contributed by atoms with E-state index in [0.29, 0.717) is 23.8 Å². The van der Waals surface area contributed by atoms with E-state index in [2.05, 4.69) is 15.7 Å². The van der Waals surface area contributed by atoms with Crippen molar-refractivity contribution >= 4 is 34.5 Å². The lowest BCUT2D eigenvalue weighted by molar-refractivity contribution is 0.0451. The van der Waals surface area contributed by atoms with E-state index in [1.807, 2.05) is 37.9 Å². The van der Waals surface area contributed by atoms with Gasteiger partial charge in [-0.3, -0.25) is 10.2 Å². The Bertz CT molecular complexity index is 873. The van der Waals surface area contributed by atoms with Gasteiger partial charge in [-0.05, 0) is 57.9 Å². The lowest BCUT2D eigenvalue weighted by Crippen LogP contribution is -2.51. The van der Waals surface area contributed by atoms with Crippen molar-refractivity contribution in [3.63, 3.8) is 0 Å². The number of pyridine rings is 1. The molecule has 2 amide bonds. The summed E-state index contributed by atoms with van der Waals surface area (Å²) in [5.74, 6) is -0.254. The molecule has 7 nitrogen and oxygen atoms in total. The Morgan fingerprint density at radius 3 is 2.57 bits per heavy atom. The molecule has 0 unspecified atom stereocenters. The molecule has 0 bridgehead atoms. The lowest BCUT2D eigenvalue weighted by Gasteiger charge is -2.32. The van der Waals surface area contributed by atoms with Crippen LogP contribution in [0.15, 0.2) is 30.3 Å². The second-order valence-corrected chi connectivity index (χ2v) is 8.32. The third kappa shape index (κ3) is 5.56. The molecule has 0 spiro atoms. The first-order valence-electron chi connectivity index (χ1n) is 9.31. The third-order valence-corrected chi connectivity index (χ3v) is 4.59. The number of halogens is 1. The number of aromatic nitrogens is 1. The number of rotatable bonds is 3. The number of ether oxygens (including phenoxy) is 1. The maximum atomic E-state index is 12.5. The molecule has 0 atom stereocenters. The zero-order chi connectivity index (χ0) is 20.3. The van der Waals surface area contributed by atoms with Crippen LogP contribution in [0.5, 0.6) is 0 Å². The van der Waals surface area contributed by atoms with Gasteiger partial charge in [-0.2, -0.15) is 0 Å². The van der Waals surface area contributed by atoms with E-state index < -0.39 is 11.7 Å². The molecule has 1 aliphatic rings. The van der Waals surface area contributed by atoms with Crippen molar-refractivity contribution in [1.82, 2.24) is 20.7 Å². The second kappa shape index (κ2) is 8.32. The van der Waals surface area contributed by atoms with Gasteiger partial charge in [0, 0.05) is 29.5 Å². The zero-order valence-electron chi connectivity index (χ0n) is 16.3. The number of fused-ring (bicyclic) bond motifs is 1. The van der Waals surface area contributed by atoms with Gasteiger partial charge >= 0.3 is 6.09 Å². The summed E-state index contributed by atoms with van der Waals surface area (Å²) in [6.07, 6.45) is 1.04. The number of benzene rings is 1. The Labute approximate surface area is 169 Å². The van der Waals surface area contributed by atoms with Crippen LogP contribution in [-0.2, 0) is 4.74 Å². The number of amides is 2. The minimum absolute atomic E-state index is 0.0338. The quantitative estimate of drug-likeness (QED) is 0.817. The largest absolute Gasteiger partial charge is 0.444 e. The van der Waals surface area contributed by atoms with E-state index in [0.717, 1.165) is 23.7 Å². The van der Waals surface area contributed by atoms with Gasteiger partial charge in [0.25, 0.3) is 5.91 Å². The van der Waals surface area contributed by atoms with Gasteiger partial charge in [0.1, 0.15) is 11.3 Å². The molecule has 1 saturated heterocycles. The highest BCUT2D eigenvalue weighted by Gasteiger charge is 2.24. The van der Waals surface area contributed by atoms with Crippen molar-refractivity contribution in [2.75, 3.05) is 13.1 Å². The summed E-state index contributed by atoms with van der Waals surface area (Å²) in [6, 6.07) is 8.91. The molecule has 1 aromatic carbocycles. The molecule has 3 rings (SSSR count). The smallest absolute Gasteiger partial charge is 0.407 e. The number of hydrogen-bond acceptors (Lipinski definition) is 5. The van der Waals surface area contributed by atoms with E-state index in [4.69, 9.17) is 16.3 Å². The lowest BCUT2D eigenvalue weighted by atomic mass is 10.1. The van der Waals surface area contributed by atoms with Gasteiger partial charge in [-0.15, -0.1) is 0 Å². The van der Waals surface area contributed by atoms with E-state index in [-0.39, 0.29) is 11.9 Å². The van der Waals surface area contributed by atoms with Gasteiger partial charge in [0.05, 0.1) is 5.52 Å². The average Bonchev–Trinajstić information content (AvgIpc) is 2.61. The van der Waals surface area contributed by atoms with E-state index in [1.54, 1.807) is 18.2 Å². The normalized spacial score (nSPS) is 16.0. The molecule has 2 heterocycles. The van der Waals surface area contributed by atoms with Crippen LogP contribution in [0, 0.1) is 0 Å². The Balaban J connectivity index is 1.51. The number of carbonyl (C=O) groups excluding carboxylic acids is 2. The highest BCUT2D eigenvalue weighted by atomic mass is 35.5. The van der Waals surface area contributed by atoms with E-state index in [9.17, 15) is 9.59 Å². The fraction of sp³-hybridized carbons (Fsp3) is 0.450. The van der Waals surface area contributed by atoms with E-state index in [1.165, 1.54) is 0 Å². The first-order valence-corrected chi connectivity index (χ1v) is 9.69. The highest BCUT2D eigenvalue weighted by Crippen LogP contribution is 2.18. The van der Waals surface area contributed by atoms with Gasteiger partial charge in [0.2, 0.25) is 0 Å². The molecule has 8 heteroatoms. The number of carbonyl (C=O) groups is 2. The van der Waals surface area contributed by atoms with Gasteiger partial charge in [0.15, 0.2) is 0 Å².